The summed E-state index contributed by atoms with van der Waals surface area (Å²) in [5, 5.41) is 8.91. The van der Waals surface area contributed by atoms with Gasteiger partial charge in [0.15, 0.2) is 0 Å². The van der Waals surface area contributed by atoms with Crippen molar-refractivity contribution in [2.75, 3.05) is 11.9 Å². The van der Waals surface area contributed by atoms with Crippen LogP contribution in [0.1, 0.15) is 26.3 Å². The van der Waals surface area contributed by atoms with E-state index in [9.17, 15) is 4.39 Å². The minimum atomic E-state index is -0.228. The van der Waals surface area contributed by atoms with E-state index in [1.54, 1.807) is 6.07 Å². The fourth-order valence-corrected chi connectivity index (χ4v) is 2.57. The van der Waals surface area contributed by atoms with Crippen LogP contribution in [0.3, 0.4) is 0 Å². The molecule has 1 aliphatic heterocycles. The monoisotopic (exact) mass is 233 g/mol. The number of fused-ring (bicyclic) bond motifs is 3. The van der Waals surface area contributed by atoms with Crippen LogP contribution in [0.5, 0.6) is 0 Å². The smallest absolute Gasteiger partial charge is 0.132 e. The SMILES string of the molecule is CC(C)C1CCNc2c3ccc(F)cc3nn21. The lowest BCUT2D eigenvalue weighted by Crippen LogP contribution is -2.26. The molecule has 4 heteroatoms. The van der Waals surface area contributed by atoms with E-state index in [1.807, 2.05) is 4.68 Å². The lowest BCUT2D eigenvalue weighted by molar-refractivity contribution is 0.325. The third-order valence-electron chi connectivity index (χ3n) is 3.48. The first-order valence-corrected chi connectivity index (χ1v) is 6.08. The summed E-state index contributed by atoms with van der Waals surface area (Å²) >= 11 is 0. The molecule has 1 aromatic heterocycles. The van der Waals surface area contributed by atoms with Crippen molar-refractivity contribution in [1.29, 1.82) is 0 Å². The molecule has 1 aliphatic rings. The van der Waals surface area contributed by atoms with Crippen molar-refractivity contribution in [1.82, 2.24) is 9.78 Å². The fourth-order valence-electron chi connectivity index (χ4n) is 2.57. The molecule has 17 heavy (non-hydrogen) atoms. The Kier molecular flexibility index (Phi) is 2.31. The topological polar surface area (TPSA) is 29.9 Å². The van der Waals surface area contributed by atoms with Gasteiger partial charge in [-0.15, -0.1) is 0 Å². The molecule has 3 rings (SSSR count). The van der Waals surface area contributed by atoms with Gasteiger partial charge in [-0.05, 0) is 24.5 Å². The Labute approximate surface area is 99.6 Å². The fraction of sp³-hybridized carbons (Fsp3) is 0.462. The average molecular weight is 233 g/mol. The summed E-state index contributed by atoms with van der Waals surface area (Å²) in [7, 11) is 0. The molecule has 0 spiro atoms. The molecule has 1 N–H and O–H groups in total. The normalized spacial score (nSPS) is 19.4. The maximum absolute atomic E-state index is 13.2. The van der Waals surface area contributed by atoms with E-state index in [0.717, 1.165) is 29.7 Å². The molecular formula is C13H16FN3. The van der Waals surface area contributed by atoms with Crippen LogP contribution in [-0.4, -0.2) is 16.3 Å². The number of anilines is 1. The van der Waals surface area contributed by atoms with Crippen LogP contribution in [0.2, 0.25) is 0 Å². The zero-order valence-corrected chi connectivity index (χ0v) is 10.1. The van der Waals surface area contributed by atoms with E-state index in [4.69, 9.17) is 0 Å². The molecule has 2 aromatic rings. The van der Waals surface area contributed by atoms with E-state index in [-0.39, 0.29) is 5.82 Å². The number of rotatable bonds is 1. The quantitative estimate of drug-likeness (QED) is 0.819. The molecule has 3 nitrogen and oxygen atoms in total. The Morgan fingerprint density at radius 2 is 2.29 bits per heavy atom. The highest BCUT2D eigenvalue weighted by atomic mass is 19.1. The maximum atomic E-state index is 13.2. The Morgan fingerprint density at radius 1 is 1.47 bits per heavy atom. The summed E-state index contributed by atoms with van der Waals surface area (Å²) < 4.78 is 15.2. The summed E-state index contributed by atoms with van der Waals surface area (Å²) in [6, 6.07) is 5.20. The Hall–Kier alpha value is -1.58. The number of halogens is 1. The number of aromatic nitrogens is 2. The molecule has 0 saturated carbocycles. The van der Waals surface area contributed by atoms with Gasteiger partial charge in [0.05, 0.1) is 11.6 Å². The summed E-state index contributed by atoms with van der Waals surface area (Å²) in [5.74, 6) is 1.34. The van der Waals surface area contributed by atoms with Crippen molar-refractivity contribution in [3.63, 3.8) is 0 Å². The van der Waals surface area contributed by atoms with Crippen LogP contribution in [-0.2, 0) is 0 Å². The third kappa shape index (κ3) is 1.59. The minimum Gasteiger partial charge on any atom is -0.370 e. The minimum absolute atomic E-state index is 0.228. The van der Waals surface area contributed by atoms with Gasteiger partial charge in [0.1, 0.15) is 11.6 Å². The number of benzene rings is 1. The first-order chi connectivity index (χ1) is 8.16. The van der Waals surface area contributed by atoms with Gasteiger partial charge >= 0.3 is 0 Å². The van der Waals surface area contributed by atoms with Gasteiger partial charge in [0, 0.05) is 18.0 Å². The standard InChI is InChI=1S/C13H16FN3/c1-8(2)12-5-6-15-13-10-4-3-9(14)7-11(10)16-17(12)13/h3-4,7-8,12,15H,5-6H2,1-2H3. The highest BCUT2D eigenvalue weighted by Gasteiger charge is 2.25. The maximum Gasteiger partial charge on any atom is 0.132 e. The Bertz CT molecular complexity index is 559. The van der Waals surface area contributed by atoms with Crippen LogP contribution < -0.4 is 5.32 Å². The third-order valence-corrected chi connectivity index (χ3v) is 3.48. The van der Waals surface area contributed by atoms with Crippen molar-refractivity contribution in [3.05, 3.63) is 24.0 Å². The number of nitrogens with one attached hydrogen (secondary N) is 1. The highest BCUT2D eigenvalue weighted by molar-refractivity contribution is 5.90. The molecule has 1 unspecified atom stereocenters. The Morgan fingerprint density at radius 3 is 3.06 bits per heavy atom. The molecule has 0 bridgehead atoms. The molecular weight excluding hydrogens is 217 g/mol. The largest absolute Gasteiger partial charge is 0.370 e. The molecule has 0 radical (unpaired) electrons. The zero-order valence-electron chi connectivity index (χ0n) is 10.1. The van der Waals surface area contributed by atoms with Crippen molar-refractivity contribution >= 4 is 16.7 Å². The highest BCUT2D eigenvalue weighted by Crippen LogP contribution is 2.34. The van der Waals surface area contributed by atoms with Crippen LogP contribution >= 0.6 is 0 Å². The summed E-state index contributed by atoms with van der Waals surface area (Å²) in [6.07, 6.45) is 1.07. The van der Waals surface area contributed by atoms with Crippen LogP contribution in [0.4, 0.5) is 10.2 Å². The molecule has 90 valence electrons. The van der Waals surface area contributed by atoms with Crippen LogP contribution in [0.15, 0.2) is 18.2 Å². The second kappa shape index (κ2) is 3.72. The summed E-state index contributed by atoms with van der Waals surface area (Å²) in [5.41, 5.74) is 0.736. The van der Waals surface area contributed by atoms with E-state index in [1.165, 1.54) is 12.1 Å². The first kappa shape index (κ1) is 10.6. The van der Waals surface area contributed by atoms with Gasteiger partial charge in [-0.3, -0.25) is 0 Å². The Balaban J connectivity index is 2.21. The predicted octanol–water partition coefficient (Wildman–Crippen LogP) is 3.19. The van der Waals surface area contributed by atoms with Crippen molar-refractivity contribution in [3.8, 4) is 0 Å². The number of nitrogens with zero attached hydrogens (tertiary/aromatic N) is 2. The summed E-state index contributed by atoms with van der Waals surface area (Å²) in [6.45, 7) is 5.36. The van der Waals surface area contributed by atoms with Crippen molar-refractivity contribution in [2.45, 2.75) is 26.3 Å². The van der Waals surface area contributed by atoms with Gasteiger partial charge in [-0.25, -0.2) is 9.07 Å². The van der Waals surface area contributed by atoms with Crippen molar-refractivity contribution in [2.24, 2.45) is 5.92 Å². The van der Waals surface area contributed by atoms with Gasteiger partial charge in [0.2, 0.25) is 0 Å². The van der Waals surface area contributed by atoms with Gasteiger partial charge in [0.25, 0.3) is 0 Å². The molecule has 0 saturated heterocycles. The van der Waals surface area contributed by atoms with Gasteiger partial charge in [-0.1, -0.05) is 13.8 Å². The molecule has 0 fully saturated rings. The van der Waals surface area contributed by atoms with E-state index in [0.29, 0.717) is 12.0 Å². The lowest BCUT2D eigenvalue weighted by atomic mass is 10.00. The number of hydrogen-bond acceptors (Lipinski definition) is 2. The van der Waals surface area contributed by atoms with E-state index < -0.39 is 0 Å². The van der Waals surface area contributed by atoms with Gasteiger partial charge in [-0.2, -0.15) is 5.10 Å². The van der Waals surface area contributed by atoms with Crippen LogP contribution in [0, 0.1) is 11.7 Å². The molecule has 0 aliphatic carbocycles. The second-order valence-corrected chi connectivity index (χ2v) is 4.98. The molecule has 1 atom stereocenters. The average Bonchev–Trinajstić information content (AvgIpc) is 2.65. The van der Waals surface area contributed by atoms with E-state index in [2.05, 4.69) is 24.3 Å². The lowest BCUT2D eigenvalue weighted by Gasteiger charge is -2.28. The molecule has 1 aromatic carbocycles. The zero-order chi connectivity index (χ0) is 12.0. The van der Waals surface area contributed by atoms with Crippen LogP contribution in [0.25, 0.3) is 10.9 Å². The summed E-state index contributed by atoms with van der Waals surface area (Å²) in [4.78, 5) is 0. The number of hydrogen-bond donors (Lipinski definition) is 1. The predicted molar refractivity (Wildman–Crippen MR) is 66.7 cm³/mol. The second-order valence-electron chi connectivity index (χ2n) is 4.98. The molecule has 0 amide bonds. The molecule has 2 heterocycles. The first-order valence-electron chi connectivity index (χ1n) is 6.08. The van der Waals surface area contributed by atoms with Gasteiger partial charge < -0.3 is 5.32 Å². The van der Waals surface area contributed by atoms with E-state index >= 15 is 0 Å². The van der Waals surface area contributed by atoms with Crippen molar-refractivity contribution < 1.29 is 4.39 Å².